The Hall–Kier alpha value is -2.01. The summed E-state index contributed by atoms with van der Waals surface area (Å²) >= 11 is 0. The van der Waals surface area contributed by atoms with Gasteiger partial charge < -0.3 is 9.94 Å². The van der Waals surface area contributed by atoms with Gasteiger partial charge in [-0.3, -0.25) is 4.74 Å². The molecule has 0 spiro atoms. The van der Waals surface area contributed by atoms with E-state index >= 15 is 0 Å². The highest BCUT2D eigenvalue weighted by atomic mass is 16.5. The first kappa shape index (κ1) is 15.4. The van der Waals surface area contributed by atoms with Gasteiger partial charge in [-0.1, -0.05) is 12.7 Å². The van der Waals surface area contributed by atoms with Crippen molar-refractivity contribution in [1.82, 2.24) is 5.06 Å². The summed E-state index contributed by atoms with van der Waals surface area (Å²) in [5, 5.41) is 24.0. The van der Waals surface area contributed by atoms with E-state index in [-0.39, 0.29) is 5.84 Å². The fourth-order valence-corrected chi connectivity index (χ4v) is 2.22. The Morgan fingerprint density at radius 3 is 2.29 bits per heavy atom. The lowest BCUT2D eigenvalue weighted by Gasteiger charge is -2.33. The fourth-order valence-electron chi connectivity index (χ4n) is 2.22. The summed E-state index contributed by atoms with van der Waals surface area (Å²) in [6, 6.07) is 7.07. The third-order valence-corrected chi connectivity index (χ3v) is 4.41. The lowest BCUT2D eigenvalue weighted by Crippen LogP contribution is -2.53. The van der Waals surface area contributed by atoms with Gasteiger partial charge in [-0.05, 0) is 52.0 Å². The number of hydroxylamine groups is 3. The van der Waals surface area contributed by atoms with Gasteiger partial charge >= 0.3 is 5.84 Å². The minimum atomic E-state index is -0.741. The lowest BCUT2D eigenvalue weighted by molar-refractivity contribution is -0.539. The molecule has 0 aliphatic carbocycles. The summed E-state index contributed by atoms with van der Waals surface area (Å²) in [5.74, 6) is 0.943. The minimum Gasteiger partial charge on any atom is -0.714 e. The predicted octanol–water partition coefficient (Wildman–Crippen LogP) is 2.77. The van der Waals surface area contributed by atoms with Crippen LogP contribution in [0.5, 0.6) is 5.75 Å². The van der Waals surface area contributed by atoms with Crippen LogP contribution in [0.2, 0.25) is 0 Å². The van der Waals surface area contributed by atoms with Crippen molar-refractivity contribution in [1.29, 1.82) is 0 Å². The Labute approximate surface area is 125 Å². The molecule has 1 aromatic rings. The van der Waals surface area contributed by atoms with Gasteiger partial charge in [0, 0.05) is 0 Å². The topological polar surface area (TPSA) is 58.8 Å². The second-order valence-electron chi connectivity index (χ2n) is 6.17. The number of hydrogen-bond donors (Lipinski definition) is 1. The maximum Gasteiger partial charge on any atom is 0.313 e. The summed E-state index contributed by atoms with van der Waals surface area (Å²) in [4.78, 5) is 0. The van der Waals surface area contributed by atoms with Crippen LogP contribution in [0.25, 0.3) is 0 Å². The standard InChI is InChI=1S/C16H22N2O3/c1-6-11-21-13-9-7-12(8-10-13)14-17(19)15(2,3)16(4,5)18(14)20/h6-10,19H,1,11H2,2-5H3. The lowest BCUT2D eigenvalue weighted by atomic mass is 9.84. The van der Waals surface area contributed by atoms with Crippen molar-refractivity contribution >= 4 is 5.84 Å². The average molecular weight is 290 g/mol. The van der Waals surface area contributed by atoms with Crippen LogP contribution in [0.4, 0.5) is 0 Å². The van der Waals surface area contributed by atoms with Gasteiger partial charge in [0.1, 0.15) is 17.9 Å². The molecular weight excluding hydrogens is 268 g/mol. The zero-order valence-corrected chi connectivity index (χ0v) is 13.0. The molecule has 0 unspecified atom stereocenters. The van der Waals surface area contributed by atoms with Gasteiger partial charge in [0.2, 0.25) is 0 Å². The zero-order valence-electron chi connectivity index (χ0n) is 13.0. The van der Waals surface area contributed by atoms with E-state index in [4.69, 9.17) is 4.74 Å². The van der Waals surface area contributed by atoms with E-state index in [1.165, 1.54) is 0 Å². The van der Waals surface area contributed by atoms with Crippen molar-refractivity contribution in [3.63, 3.8) is 0 Å². The second-order valence-corrected chi connectivity index (χ2v) is 6.17. The van der Waals surface area contributed by atoms with Gasteiger partial charge in [0.05, 0.1) is 5.56 Å². The highest BCUT2D eigenvalue weighted by molar-refractivity contribution is 5.96. The number of rotatable bonds is 4. The van der Waals surface area contributed by atoms with E-state index in [0.717, 1.165) is 9.80 Å². The molecule has 0 radical (unpaired) electrons. The Balaban J connectivity index is 2.37. The van der Waals surface area contributed by atoms with Crippen LogP contribution in [-0.4, -0.2) is 38.5 Å². The van der Waals surface area contributed by atoms with Crippen LogP contribution in [0.15, 0.2) is 36.9 Å². The molecule has 5 nitrogen and oxygen atoms in total. The van der Waals surface area contributed by atoms with E-state index < -0.39 is 11.1 Å². The third-order valence-electron chi connectivity index (χ3n) is 4.41. The van der Waals surface area contributed by atoms with Gasteiger partial charge in [-0.2, -0.15) is 0 Å². The molecule has 1 aliphatic rings. The molecule has 0 saturated heterocycles. The van der Waals surface area contributed by atoms with Crippen LogP contribution >= 0.6 is 0 Å². The maximum atomic E-state index is 12.5. The van der Waals surface area contributed by atoms with Crippen LogP contribution in [0.3, 0.4) is 0 Å². The summed E-state index contributed by atoms with van der Waals surface area (Å²) in [6.45, 7) is 11.3. The highest BCUT2D eigenvalue weighted by Crippen LogP contribution is 2.37. The molecule has 0 atom stereocenters. The quantitative estimate of drug-likeness (QED) is 0.526. The molecule has 0 amide bonds. The average Bonchev–Trinajstić information content (AvgIpc) is 2.56. The van der Waals surface area contributed by atoms with Crippen molar-refractivity contribution in [2.75, 3.05) is 6.61 Å². The molecule has 0 fully saturated rings. The van der Waals surface area contributed by atoms with Crippen LogP contribution < -0.4 is 4.74 Å². The molecule has 1 N–H and O–H groups in total. The molecule has 5 heteroatoms. The van der Waals surface area contributed by atoms with Gasteiger partial charge in [-0.15, -0.1) is 5.06 Å². The molecule has 0 bridgehead atoms. The van der Waals surface area contributed by atoms with E-state index in [0.29, 0.717) is 17.9 Å². The van der Waals surface area contributed by atoms with Crippen molar-refractivity contribution in [3.8, 4) is 5.75 Å². The predicted molar refractivity (Wildman–Crippen MR) is 81.7 cm³/mol. The first-order valence-corrected chi connectivity index (χ1v) is 6.91. The largest absolute Gasteiger partial charge is 0.714 e. The zero-order chi connectivity index (χ0) is 15.8. The maximum absolute atomic E-state index is 12.5. The molecule has 2 rings (SSSR count). The number of ether oxygens (including phenoxy) is 1. The van der Waals surface area contributed by atoms with Crippen molar-refractivity contribution in [2.24, 2.45) is 0 Å². The summed E-state index contributed by atoms with van der Waals surface area (Å²) in [5.41, 5.74) is -0.783. The Kier molecular flexibility index (Phi) is 3.72. The van der Waals surface area contributed by atoms with Gasteiger partial charge in [0.25, 0.3) is 0 Å². The number of benzene rings is 1. The van der Waals surface area contributed by atoms with Crippen molar-refractivity contribution in [3.05, 3.63) is 47.7 Å². The summed E-state index contributed by atoms with van der Waals surface area (Å²) in [7, 11) is 0. The molecule has 1 aliphatic heterocycles. The van der Waals surface area contributed by atoms with Gasteiger partial charge in [0.15, 0.2) is 5.54 Å². The van der Waals surface area contributed by atoms with Crippen LogP contribution in [-0.2, 0) is 0 Å². The van der Waals surface area contributed by atoms with Crippen molar-refractivity contribution < 1.29 is 14.7 Å². The summed E-state index contributed by atoms with van der Waals surface area (Å²) in [6.07, 6.45) is 1.67. The summed E-state index contributed by atoms with van der Waals surface area (Å²) < 4.78 is 6.28. The van der Waals surface area contributed by atoms with E-state index in [1.54, 1.807) is 30.3 Å². The molecule has 21 heavy (non-hydrogen) atoms. The number of hydrogen-bond acceptors (Lipinski definition) is 4. The molecule has 0 saturated carbocycles. The monoisotopic (exact) mass is 290 g/mol. The third kappa shape index (κ3) is 2.27. The van der Waals surface area contributed by atoms with Gasteiger partial charge in [-0.25, -0.2) is 5.21 Å². The fraction of sp³-hybridized carbons (Fsp3) is 0.438. The molecular formula is C16H22N2O3. The first-order valence-electron chi connectivity index (χ1n) is 6.91. The Morgan fingerprint density at radius 1 is 1.29 bits per heavy atom. The first-order chi connectivity index (χ1) is 9.73. The van der Waals surface area contributed by atoms with E-state index in [9.17, 15) is 10.4 Å². The number of amidine groups is 1. The Bertz CT molecular complexity index is 574. The SMILES string of the molecule is C=CCOc1ccc(C2=[N+]([O-])C(C)(C)C(C)(C)N2O)cc1. The van der Waals surface area contributed by atoms with Crippen LogP contribution in [0.1, 0.15) is 33.3 Å². The smallest absolute Gasteiger partial charge is 0.313 e. The van der Waals surface area contributed by atoms with Crippen LogP contribution in [0, 0.1) is 5.21 Å². The molecule has 1 aromatic carbocycles. The van der Waals surface area contributed by atoms with E-state index in [1.807, 2.05) is 27.7 Å². The number of nitrogens with zero attached hydrogens (tertiary/aromatic N) is 2. The highest BCUT2D eigenvalue weighted by Gasteiger charge is 2.58. The minimum absolute atomic E-state index is 0.250. The Morgan fingerprint density at radius 2 is 1.86 bits per heavy atom. The molecule has 1 heterocycles. The van der Waals surface area contributed by atoms with Crippen molar-refractivity contribution in [2.45, 2.75) is 38.8 Å². The normalized spacial score (nSPS) is 19.8. The second kappa shape index (κ2) is 5.07. The van der Waals surface area contributed by atoms with E-state index in [2.05, 4.69) is 6.58 Å². The molecule has 114 valence electrons. The molecule has 0 aromatic heterocycles.